The van der Waals surface area contributed by atoms with Gasteiger partial charge in [-0.15, -0.1) is 0 Å². The quantitative estimate of drug-likeness (QED) is 0.489. The van der Waals surface area contributed by atoms with Crippen molar-refractivity contribution in [3.63, 3.8) is 0 Å². The fourth-order valence-corrected chi connectivity index (χ4v) is 3.37. The summed E-state index contributed by atoms with van der Waals surface area (Å²) in [5.74, 6) is 0. The van der Waals surface area contributed by atoms with Crippen LogP contribution in [0.2, 0.25) is 5.02 Å². The molecule has 0 aliphatic carbocycles. The Morgan fingerprint density at radius 3 is 2.48 bits per heavy atom. The summed E-state index contributed by atoms with van der Waals surface area (Å²) >= 11 is 5.94. The van der Waals surface area contributed by atoms with E-state index in [4.69, 9.17) is 11.6 Å². The van der Waals surface area contributed by atoms with Gasteiger partial charge in [0.05, 0.1) is 17.2 Å². The predicted molar refractivity (Wildman–Crippen MR) is 108 cm³/mol. The van der Waals surface area contributed by atoms with Gasteiger partial charge >= 0.3 is 0 Å². The number of likely N-dealkylation sites (N-methyl/N-ethyl adjacent to an activating group) is 1. The Balaban J connectivity index is 2.04. The lowest BCUT2D eigenvalue weighted by Gasteiger charge is -2.40. The largest absolute Gasteiger partial charge is 0.366 e. The molecule has 126 valence electrons. The molecule has 0 atom stereocenters. The molecule has 0 saturated heterocycles. The number of anilines is 1. The second-order valence-corrected chi connectivity index (χ2v) is 7.43. The van der Waals surface area contributed by atoms with Gasteiger partial charge in [-0.05, 0) is 67.8 Å². The van der Waals surface area contributed by atoms with Crippen LogP contribution in [0.15, 0.2) is 48.5 Å². The standard InChI is InChI=1S/C22H21ClN2/c1-15-13-22(2,3)25(4)21-10-5-16(12-20(15)21)11-18(14-24)17-6-8-19(23)9-7-17/h5-13H,1-4H3/b18-11+. The summed E-state index contributed by atoms with van der Waals surface area (Å²) in [4.78, 5) is 2.28. The highest BCUT2D eigenvalue weighted by Crippen LogP contribution is 2.38. The van der Waals surface area contributed by atoms with E-state index in [-0.39, 0.29) is 5.54 Å². The fourth-order valence-electron chi connectivity index (χ4n) is 3.24. The van der Waals surface area contributed by atoms with Gasteiger partial charge in [-0.25, -0.2) is 0 Å². The van der Waals surface area contributed by atoms with E-state index in [1.165, 1.54) is 16.8 Å². The van der Waals surface area contributed by atoms with Gasteiger partial charge in [-0.3, -0.25) is 0 Å². The van der Waals surface area contributed by atoms with Crippen molar-refractivity contribution in [1.82, 2.24) is 0 Å². The second-order valence-electron chi connectivity index (χ2n) is 6.99. The van der Waals surface area contributed by atoms with Crippen molar-refractivity contribution >= 4 is 34.5 Å². The Morgan fingerprint density at radius 1 is 1.16 bits per heavy atom. The van der Waals surface area contributed by atoms with Crippen molar-refractivity contribution in [2.24, 2.45) is 0 Å². The van der Waals surface area contributed by atoms with Gasteiger partial charge in [0.15, 0.2) is 0 Å². The Bertz CT molecular complexity index is 912. The summed E-state index contributed by atoms with van der Waals surface area (Å²) in [5, 5.41) is 10.2. The Morgan fingerprint density at radius 2 is 1.84 bits per heavy atom. The lowest BCUT2D eigenvalue weighted by molar-refractivity contribution is 0.598. The van der Waals surface area contributed by atoms with Crippen LogP contribution in [0, 0.1) is 11.3 Å². The molecule has 25 heavy (non-hydrogen) atoms. The molecule has 0 radical (unpaired) electrons. The molecule has 0 unspecified atom stereocenters. The fraction of sp³-hybridized carbons (Fsp3) is 0.227. The maximum Gasteiger partial charge on any atom is 0.0998 e. The van der Waals surface area contributed by atoms with Crippen molar-refractivity contribution in [3.05, 3.63) is 70.3 Å². The number of hydrogen-bond acceptors (Lipinski definition) is 2. The maximum atomic E-state index is 9.54. The van der Waals surface area contributed by atoms with E-state index in [0.29, 0.717) is 10.6 Å². The van der Waals surface area contributed by atoms with Gasteiger partial charge in [0.25, 0.3) is 0 Å². The summed E-state index contributed by atoms with van der Waals surface area (Å²) in [5.41, 5.74) is 6.20. The van der Waals surface area contributed by atoms with Crippen LogP contribution in [0.5, 0.6) is 0 Å². The normalized spacial score (nSPS) is 16.1. The van der Waals surface area contributed by atoms with Crippen LogP contribution in [0.4, 0.5) is 5.69 Å². The zero-order valence-corrected chi connectivity index (χ0v) is 15.7. The first kappa shape index (κ1) is 17.3. The van der Waals surface area contributed by atoms with Crippen LogP contribution in [-0.4, -0.2) is 12.6 Å². The first-order valence-electron chi connectivity index (χ1n) is 8.27. The molecule has 2 aromatic rings. The molecule has 1 heterocycles. The van der Waals surface area contributed by atoms with Crippen molar-refractivity contribution in [1.29, 1.82) is 5.26 Å². The van der Waals surface area contributed by atoms with Gasteiger partial charge < -0.3 is 4.90 Å². The van der Waals surface area contributed by atoms with Gasteiger partial charge in [0.2, 0.25) is 0 Å². The summed E-state index contributed by atoms with van der Waals surface area (Å²) in [6.07, 6.45) is 4.21. The number of halogens is 1. The van der Waals surface area contributed by atoms with E-state index in [1.54, 1.807) is 12.1 Å². The van der Waals surface area contributed by atoms with E-state index in [1.807, 2.05) is 18.2 Å². The minimum atomic E-state index is -0.00440. The van der Waals surface area contributed by atoms with Crippen LogP contribution in [0.25, 0.3) is 17.2 Å². The minimum absolute atomic E-state index is 0.00440. The lowest BCUT2D eigenvalue weighted by Crippen LogP contribution is -2.42. The highest BCUT2D eigenvalue weighted by atomic mass is 35.5. The molecule has 1 aliphatic heterocycles. The summed E-state index contributed by atoms with van der Waals surface area (Å²) in [6.45, 7) is 6.56. The molecule has 0 aromatic heterocycles. The Hall–Kier alpha value is -2.50. The number of benzene rings is 2. The van der Waals surface area contributed by atoms with E-state index in [0.717, 1.165) is 11.1 Å². The zero-order valence-electron chi connectivity index (χ0n) is 15.0. The SMILES string of the molecule is CC1=CC(C)(C)N(C)c2ccc(/C=C(\C#N)c3ccc(Cl)cc3)cc21. The molecule has 0 N–H and O–H groups in total. The highest BCUT2D eigenvalue weighted by Gasteiger charge is 2.28. The molecule has 0 amide bonds. The van der Waals surface area contributed by atoms with Gasteiger partial charge in [-0.1, -0.05) is 35.9 Å². The molecule has 3 heteroatoms. The number of hydrogen-bond donors (Lipinski definition) is 0. The third-order valence-corrected chi connectivity index (χ3v) is 5.08. The van der Waals surface area contributed by atoms with Crippen LogP contribution in [0.3, 0.4) is 0 Å². The first-order chi connectivity index (χ1) is 11.8. The predicted octanol–water partition coefficient (Wildman–Crippen LogP) is 6.04. The number of nitriles is 1. The summed E-state index contributed by atoms with van der Waals surface area (Å²) in [6, 6.07) is 16.0. The van der Waals surface area contributed by atoms with Crippen LogP contribution in [0.1, 0.15) is 37.5 Å². The summed E-state index contributed by atoms with van der Waals surface area (Å²) in [7, 11) is 2.12. The summed E-state index contributed by atoms with van der Waals surface area (Å²) < 4.78 is 0. The third kappa shape index (κ3) is 3.34. The minimum Gasteiger partial charge on any atom is -0.366 e. The average molecular weight is 349 g/mol. The lowest BCUT2D eigenvalue weighted by atomic mass is 9.88. The van der Waals surface area contributed by atoms with E-state index in [9.17, 15) is 5.26 Å². The first-order valence-corrected chi connectivity index (χ1v) is 8.65. The van der Waals surface area contributed by atoms with Gasteiger partial charge in [0, 0.05) is 23.3 Å². The van der Waals surface area contributed by atoms with Crippen LogP contribution in [-0.2, 0) is 0 Å². The number of rotatable bonds is 2. The molecule has 0 bridgehead atoms. The topological polar surface area (TPSA) is 27.0 Å². The molecule has 3 rings (SSSR count). The molecular formula is C22H21ClN2. The second kappa shape index (κ2) is 6.43. The Kier molecular flexibility index (Phi) is 4.45. The van der Waals surface area contributed by atoms with Crippen molar-refractivity contribution in [3.8, 4) is 6.07 Å². The molecular weight excluding hydrogens is 328 g/mol. The van der Waals surface area contributed by atoms with E-state index < -0.39 is 0 Å². The molecule has 2 nitrogen and oxygen atoms in total. The van der Waals surface area contributed by atoms with E-state index >= 15 is 0 Å². The molecule has 0 spiro atoms. The van der Waals surface area contributed by atoms with Crippen molar-refractivity contribution < 1.29 is 0 Å². The monoisotopic (exact) mass is 348 g/mol. The zero-order chi connectivity index (χ0) is 18.2. The van der Waals surface area contributed by atoms with Crippen LogP contribution < -0.4 is 4.90 Å². The molecule has 0 fully saturated rings. The molecule has 0 saturated carbocycles. The number of allylic oxidation sites excluding steroid dienone is 2. The van der Waals surface area contributed by atoms with Crippen molar-refractivity contribution in [2.45, 2.75) is 26.3 Å². The number of fused-ring (bicyclic) bond motifs is 1. The smallest absolute Gasteiger partial charge is 0.0998 e. The number of nitrogens with zero attached hydrogens (tertiary/aromatic N) is 2. The average Bonchev–Trinajstić information content (AvgIpc) is 2.58. The molecule has 2 aromatic carbocycles. The third-order valence-electron chi connectivity index (χ3n) is 4.83. The van der Waals surface area contributed by atoms with Crippen molar-refractivity contribution in [2.75, 3.05) is 11.9 Å². The van der Waals surface area contributed by atoms with Gasteiger partial charge in [0.1, 0.15) is 0 Å². The molecule has 1 aliphatic rings. The van der Waals surface area contributed by atoms with E-state index in [2.05, 4.69) is 63.1 Å². The Labute approximate surface area is 154 Å². The highest BCUT2D eigenvalue weighted by molar-refractivity contribution is 6.30. The van der Waals surface area contributed by atoms with Gasteiger partial charge in [-0.2, -0.15) is 5.26 Å². The maximum absolute atomic E-state index is 9.54. The van der Waals surface area contributed by atoms with Crippen LogP contribution >= 0.6 is 11.6 Å².